The minimum Gasteiger partial charge on any atom is -0.439 e. The molecule has 0 spiro atoms. The Labute approximate surface area is 155 Å². The highest BCUT2D eigenvalue weighted by Gasteiger charge is 2.22. The third kappa shape index (κ3) is 5.62. The van der Waals surface area contributed by atoms with Crippen molar-refractivity contribution in [2.45, 2.75) is 6.42 Å². The molecule has 0 fully saturated rings. The van der Waals surface area contributed by atoms with Crippen LogP contribution in [-0.2, 0) is 6.42 Å². The van der Waals surface area contributed by atoms with Gasteiger partial charge in [-0.15, -0.1) is 0 Å². The zero-order valence-corrected chi connectivity index (χ0v) is 15.3. The van der Waals surface area contributed by atoms with Crippen LogP contribution in [0, 0.1) is 17.2 Å². The van der Waals surface area contributed by atoms with Crippen molar-refractivity contribution in [3.63, 3.8) is 0 Å². The van der Waals surface area contributed by atoms with E-state index in [0.717, 1.165) is 17.1 Å². The molecule has 0 saturated heterocycles. The summed E-state index contributed by atoms with van der Waals surface area (Å²) in [6.45, 7) is 0. The molecule has 3 aromatic carbocycles. The zero-order valence-electron chi connectivity index (χ0n) is 14.4. The van der Waals surface area contributed by atoms with Crippen molar-refractivity contribution in [1.82, 2.24) is 0 Å². The molecule has 130 valence electrons. The summed E-state index contributed by atoms with van der Waals surface area (Å²) in [7, 11) is -1.28. The summed E-state index contributed by atoms with van der Waals surface area (Å²) >= 11 is 0. The number of hydrogen-bond donors (Lipinski definition) is 0. The number of para-hydroxylation sites is 2. The van der Waals surface area contributed by atoms with Gasteiger partial charge in [-0.3, -0.25) is 0 Å². The molecule has 0 amide bonds. The fourth-order valence-electron chi connectivity index (χ4n) is 2.52. The lowest BCUT2D eigenvalue weighted by Crippen LogP contribution is -2.11. The minimum atomic E-state index is -1.28. The predicted octanol–water partition coefficient (Wildman–Crippen LogP) is 5.84. The molecule has 26 heavy (non-hydrogen) atoms. The fraction of sp³-hybridized carbons (Fsp3) is 0.136. The second-order valence-electron chi connectivity index (χ2n) is 5.84. The van der Waals surface area contributed by atoms with E-state index in [-0.39, 0.29) is 5.92 Å². The molecule has 0 N–H and O–H groups in total. The maximum Gasteiger partial charge on any atom is 0.291 e. The van der Waals surface area contributed by atoms with Gasteiger partial charge in [0.25, 0.3) is 8.38 Å². The number of benzene rings is 3. The second-order valence-corrected chi connectivity index (χ2v) is 7.24. The van der Waals surface area contributed by atoms with Crippen LogP contribution < -0.4 is 9.05 Å². The van der Waals surface area contributed by atoms with Crippen LogP contribution in [0.3, 0.4) is 0 Å². The first kappa shape index (κ1) is 18.0. The molecule has 0 bridgehead atoms. The smallest absolute Gasteiger partial charge is 0.291 e. The zero-order chi connectivity index (χ0) is 18.0. The van der Waals surface area contributed by atoms with Gasteiger partial charge in [0.2, 0.25) is 0 Å². The molecule has 0 aliphatic heterocycles. The maximum atomic E-state index is 9.62. The summed E-state index contributed by atoms with van der Waals surface area (Å²) in [6, 6.07) is 31.7. The van der Waals surface area contributed by atoms with Gasteiger partial charge >= 0.3 is 0 Å². The van der Waals surface area contributed by atoms with Gasteiger partial charge in [0.05, 0.1) is 18.1 Å². The third-order valence-electron chi connectivity index (χ3n) is 3.78. The van der Waals surface area contributed by atoms with Gasteiger partial charge in [0.1, 0.15) is 11.5 Å². The van der Waals surface area contributed by atoms with Gasteiger partial charge in [0.15, 0.2) is 0 Å². The Bertz CT molecular complexity index is 778. The Balaban J connectivity index is 1.72. The largest absolute Gasteiger partial charge is 0.439 e. The van der Waals surface area contributed by atoms with Crippen molar-refractivity contribution in [2.24, 2.45) is 5.92 Å². The molecule has 0 aromatic heterocycles. The van der Waals surface area contributed by atoms with Crippen LogP contribution in [0.15, 0.2) is 91.0 Å². The topological polar surface area (TPSA) is 42.2 Å². The molecule has 0 radical (unpaired) electrons. The first-order valence-electron chi connectivity index (χ1n) is 8.50. The molecule has 1 unspecified atom stereocenters. The van der Waals surface area contributed by atoms with Crippen LogP contribution in [-0.4, -0.2) is 6.16 Å². The fourth-order valence-corrected chi connectivity index (χ4v) is 3.99. The standard InChI is InChI=1S/C22H20NO2P/c23-17-20(16-19-10-4-1-5-11-19)18-26(24-21-12-6-2-7-13-21)25-22-14-8-3-9-15-22/h1-15,20H,16,18H2. The molecule has 0 aliphatic rings. The molecule has 0 saturated carbocycles. The highest BCUT2D eigenvalue weighted by Crippen LogP contribution is 2.42. The number of rotatable bonds is 8. The van der Waals surface area contributed by atoms with Crippen LogP contribution in [0.2, 0.25) is 0 Å². The average molecular weight is 361 g/mol. The molecular weight excluding hydrogens is 341 g/mol. The third-order valence-corrected chi connectivity index (χ3v) is 5.35. The van der Waals surface area contributed by atoms with Gasteiger partial charge in [-0.1, -0.05) is 66.7 Å². The molecule has 0 aliphatic carbocycles. The molecule has 3 nitrogen and oxygen atoms in total. The Hall–Kier alpha value is -2.82. The molecule has 3 aromatic rings. The van der Waals surface area contributed by atoms with Gasteiger partial charge in [-0.05, 0) is 36.2 Å². The number of nitrogens with zero attached hydrogens (tertiary/aromatic N) is 1. The van der Waals surface area contributed by atoms with E-state index in [1.165, 1.54) is 0 Å². The quantitative estimate of drug-likeness (QED) is 0.473. The van der Waals surface area contributed by atoms with E-state index in [1.807, 2.05) is 91.0 Å². The van der Waals surface area contributed by atoms with Crippen LogP contribution in [0.4, 0.5) is 0 Å². The number of nitriles is 1. The van der Waals surface area contributed by atoms with Crippen LogP contribution in [0.25, 0.3) is 0 Å². The Morgan fingerprint density at radius 2 is 1.19 bits per heavy atom. The van der Waals surface area contributed by atoms with Crippen molar-refractivity contribution in [2.75, 3.05) is 6.16 Å². The average Bonchev–Trinajstić information content (AvgIpc) is 2.70. The van der Waals surface area contributed by atoms with E-state index in [1.54, 1.807) is 0 Å². The van der Waals surface area contributed by atoms with E-state index in [2.05, 4.69) is 6.07 Å². The molecule has 1 atom stereocenters. The van der Waals surface area contributed by atoms with Crippen molar-refractivity contribution < 1.29 is 9.05 Å². The van der Waals surface area contributed by atoms with E-state index in [4.69, 9.17) is 9.05 Å². The predicted molar refractivity (Wildman–Crippen MR) is 105 cm³/mol. The summed E-state index contributed by atoms with van der Waals surface area (Å²) in [6.07, 6.45) is 1.23. The molecule has 3 rings (SSSR count). The molecule has 0 heterocycles. The van der Waals surface area contributed by atoms with Crippen LogP contribution >= 0.6 is 8.38 Å². The maximum absolute atomic E-state index is 9.62. The lowest BCUT2D eigenvalue weighted by Gasteiger charge is -2.21. The van der Waals surface area contributed by atoms with Gasteiger partial charge in [-0.25, -0.2) is 0 Å². The Kier molecular flexibility index (Phi) is 6.65. The summed E-state index contributed by atoms with van der Waals surface area (Å²) < 4.78 is 12.2. The van der Waals surface area contributed by atoms with Gasteiger partial charge in [0, 0.05) is 0 Å². The second kappa shape index (κ2) is 9.61. The summed E-state index contributed by atoms with van der Waals surface area (Å²) in [5, 5.41) is 9.62. The monoisotopic (exact) mass is 361 g/mol. The van der Waals surface area contributed by atoms with Crippen molar-refractivity contribution in [3.8, 4) is 17.6 Å². The SMILES string of the molecule is N#CC(Cc1ccccc1)CP(Oc1ccccc1)Oc1ccccc1. The first-order valence-corrected chi connectivity index (χ1v) is 9.87. The first-order chi connectivity index (χ1) is 12.8. The van der Waals surface area contributed by atoms with E-state index >= 15 is 0 Å². The van der Waals surface area contributed by atoms with Crippen LogP contribution in [0.5, 0.6) is 11.5 Å². The van der Waals surface area contributed by atoms with Gasteiger partial charge in [-0.2, -0.15) is 5.26 Å². The lowest BCUT2D eigenvalue weighted by atomic mass is 10.0. The normalized spacial score (nSPS) is 11.5. The van der Waals surface area contributed by atoms with Crippen LogP contribution in [0.1, 0.15) is 5.56 Å². The van der Waals surface area contributed by atoms with Crippen molar-refractivity contribution in [1.29, 1.82) is 5.26 Å². The van der Waals surface area contributed by atoms with E-state index in [0.29, 0.717) is 12.6 Å². The van der Waals surface area contributed by atoms with Crippen molar-refractivity contribution in [3.05, 3.63) is 96.6 Å². The van der Waals surface area contributed by atoms with E-state index in [9.17, 15) is 5.26 Å². The highest BCUT2D eigenvalue weighted by molar-refractivity contribution is 7.48. The highest BCUT2D eigenvalue weighted by atomic mass is 31.2. The molecule has 4 heteroatoms. The Morgan fingerprint density at radius 3 is 1.65 bits per heavy atom. The Morgan fingerprint density at radius 1 is 0.731 bits per heavy atom. The van der Waals surface area contributed by atoms with E-state index < -0.39 is 8.38 Å². The number of hydrogen-bond acceptors (Lipinski definition) is 3. The summed E-state index contributed by atoms with van der Waals surface area (Å²) in [5.74, 6) is 1.34. The van der Waals surface area contributed by atoms with Gasteiger partial charge < -0.3 is 9.05 Å². The summed E-state index contributed by atoms with van der Waals surface area (Å²) in [5.41, 5.74) is 1.15. The van der Waals surface area contributed by atoms with Crippen molar-refractivity contribution >= 4 is 8.38 Å². The minimum absolute atomic E-state index is 0.170. The molecular formula is C22H20NO2P. The summed E-state index contributed by atoms with van der Waals surface area (Å²) in [4.78, 5) is 0. The lowest BCUT2D eigenvalue weighted by molar-refractivity contribution is 0.480.